The fraction of sp³-hybridized carbons (Fsp3) is 0.250. The molecule has 0 fully saturated rings. The van der Waals surface area contributed by atoms with Crippen molar-refractivity contribution in [3.63, 3.8) is 0 Å². The Morgan fingerprint density at radius 1 is 1.10 bits per heavy atom. The number of fused-ring (bicyclic) bond motifs is 1. The average molecular weight is 409 g/mol. The van der Waals surface area contributed by atoms with Crippen molar-refractivity contribution >= 4 is 16.9 Å². The first-order valence-corrected chi connectivity index (χ1v) is 8.89. The normalized spacial score (nSPS) is 12.2. The first-order valence-electron chi connectivity index (χ1n) is 8.89. The number of aromatic amines is 1. The third-order valence-corrected chi connectivity index (χ3v) is 4.47. The molecule has 29 heavy (non-hydrogen) atoms. The number of alkyl halides is 1. The lowest BCUT2D eigenvalue weighted by molar-refractivity contribution is 0.202. The number of H-pyrrole nitrogens is 1. The molecule has 1 unspecified atom stereocenters. The second kappa shape index (κ2) is 8.95. The van der Waals surface area contributed by atoms with Gasteiger partial charge < -0.3 is 20.7 Å². The van der Waals surface area contributed by atoms with Crippen LogP contribution < -0.4 is 10.6 Å². The second-order valence-electron chi connectivity index (χ2n) is 6.48. The van der Waals surface area contributed by atoms with Gasteiger partial charge in [-0.25, -0.2) is 22.4 Å². The summed E-state index contributed by atoms with van der Waals surface area (Å²) in [6, 6.07) is 5.76. The van der Waals surface area contributed by atoms with Gasteiger partial charge >= 0.3 is 6.03 Å². The maximum atomic E-state index is 14.2. The molecule has 0 spiro atoms. The van der Waals surface area contributed by atoms with E-state index in [1.807, 2.05) is 0 Å². The van der Waals surface area contributed by atoms with Crippen LogP contribution in [0.3, 0.4) is 0 Å². The highest BCUT2D eigenvalue weighted by Crippen LogP contribution is 2.32. The van der Waals surface area contributed by atoms with Gasteiger partial charge in [-0.1, -0.05) is 0 Å². The van der Waals surface area contributed by atoms with Gasteiger partial charge in [0.25, 0.3) is 0 Å². The predicted molar refractivity (Wildman–Crippen MR) is 101 cm³/mol. The quantitative estimate of drug-likeness (QED) is 0.452. The molecule has 4 N–H and O–H groups in total. The second-order valence-corrected chi connectivity index (χ2v) is 6.48. The van der Waals surface area contributed by atoms with E-state index in [2.05, 4.69) is 15.6 Å². The molecule has 2 amide bonds. The highest BCUT2D eigenvalue weighted by atomic mass is 19.1. The van der Waals surface area contributed by atoms with Crippen LogP contribution in [0.4, 0.5) is 22.4 Å². The Labute approximate surface area is 163 Å². The van der Waals surface area contributed by atoms with E-state index in [0.717, 1.165) is 6.07 Å². The SMILES string of the molecule is O=C(NCCc1c(-c2ccc(F)cc2)[nH]c2c(F)cc(F)cc12)NC(CO)CF. The highest BCUT2D eigenvalue weighted by molar-refractivity contribution is 5.91. The smallest absolute Gasteiger partial charge is 0.315 e. The minimum Gasteiger partial charge on any atom is -0.394 e. The molecule has 1 aromatic heterocycles. The Balaban J connectivity index is 1.88. The summed E-state index contributed by atoms with van der Waals surface area (Å²) in [6.07, 6.45) is 0.197. The van der Waals surface area contributed by atoms with Crippen LogP contribution in [-0.2, 0) is 6.42 Å². The Morgan fingerprint density at radius 3 is 2.48 bits per heavy atom. The summed E-state index contributed by atoms with van der Waals surface area (Å²) in [5, 5.41) is 14.0. The fourth-order valence-corrected chi connectivity index (χ4v) is 3.07. The summed E-state index contributed by atoms with van der Waals surface area (Å²) in [7, 11) is 0. The van der Waals surface area contributed by atoms with Crippen LogP contribution in [0.15, 0.2) is 36.4 Å². The largest absolute Gasteiger partial charge is 0.394 e. The maximum absolute atomic E-state index is 14.2. The van der Waals surface area contributed by atoms with Gasteiger partial charge in [0.05, 0.1) is 18.2 Å². The van der Waals surface area contributed by atoms with Crippen LogP contribution in [0, 0.1) is 17.5 Å². The molecular weight excluding hydrogens is 390 g/mol. The predicted octanol–water partition coefficient (Wildman–Crippen LogP) is 3.42. The summed E-state index contributed by atoms with van der Waals surface area (Å²) < 4.78 is 53.8. The summed E-state index contributed by atoms with van der Waals surface area (Å²) >= 11 is 0. The van der Waals surface area contributed by atoms with E-state index in [-0.39, 0.29) is 18.5 Å². The molecule has 0 saturated heterocycles. The summed E-state index contributed by atoms with van der Waals surface area (Å²) in [4.78, 5) is 14.7. The van der Waals surface area contributed by atoms with Crippen molar-refractivity contribution < 1.29 is 27.5 Å². The first-order chi connectivity index (χ1) is 13.9. The molecule has 9 heteroatoms. The zero-order valence-electron chi connectivity index (χ0n) is 15.2. The molecule has 1 heterocycles. The number of aliphatic hydroxyl groups excluding tert-OH is 1. The lowest BCUT2D eigenvalue weighted by Gasteiger charge is -2.13. The minimum atomic E-state index is -1.01. The van der Waals surface area contributed by atoms with E-state index in [4.69, 9.17) is 5.11 Å². The minimum absolute atomic E-state index is 0.0789. The fourth-order valence-electron chi connectivity index (χ4n) is 3.07. The number of carbonyl (C=O) groups excluding carboxylic acids is 1. The average Bonchev–Trinajstić information content (AvgIpc) is 3.05. The van der Waals surface area contributed by atoms with Crippen molar-refractivity contribution in [2.75, 3.05) is 19.8 Å². The molecule has 154 valence electrons. The Hall–Kier alpha value is -3.07. The van der Waals surface area contributed by atoms with Gasteiger partial charge in [-0.05, 0) is 47.9 Å². The number of hydrogen-bond acceptors (Lipinski definition) is 2. The van der Waals surface area contributed by atoms with E-state index in [0.29, 0.717) is 22.2 Å². The third kappa shape index (κ3) is 4.68. The standard InChI is InChI=1S/C20H19F4N3O2/c21-9-14(10-28)26-20(29)25-6-5-15-16-7-13(23)8-17(24)19(16)27-18(15)11-1-3-12(22)4-2-11/h1-4,7-8,14,27-28H,5-6,9-10H2,(H2,25,26,29). The molecule has 0 radical (unpaired) electrons. The maximum Gasteiger partial charge on any atom is 0.315 e. The summed E-state index contributed by atoms with van der Waals surface area (Å²) in [5.74, 6) is -1.96. The van der Waals surface area contributed by atoms with Gasteiger partial charge in [0.1, 0.15) is 24.1 Å². The number of amides is 2. The van der Waals surface area contributed by atoms with Crippen molar-refractivity contribution in [1.82, 2.24) is 15.6 Å². The molecular formula is C20H19F4N3O2. The molecule has 3 rings (SSSR count). The monoisotopic (exact) mass is 409 g/mol. The Kier molecular flexibility index (Phi) is 6.38. The molecule has 0 bridgehead atoms. The van der Waals surface area contributed by atoms with Crippen molar-refractivity contribution in [2.24, 2.45) is 0 Å². The van der Waals surface area contributed by atoms with E-state index >= 15 is 0 Å². The van der Waals surface area contributed by atoms with Crippen molar-refractivity contribution in [1.29, 1.82) is 0 Å². The van der Waals surface area contributed by atoms with Gasteiger partial charge in [0.15, 0.2) is 0 Å². The topological polar surface area (TPSA) is 77.2 Å². The lowest BCUT2D eigenvalue weighted by atomic mass is 10.0. The van der Waals surface area contributed by atoms with Crippen LogP contribution in [0.1, 0.15) is 5.56 Å². The van der Waals surface area contributed by atoms with Gasteiger partial charge in [-0.3, -0.25) is 0 Å². The van der Waals surface area contributed by atoms with Gasteiger partial charge in [-0.2, -0.15) is 0 Å². The molecule has 0 aliphatic heterocycles. The van der Waals surface area contributed by atoms with Crippen LogP contribution in [0.25, 0.3) is 22.2 Å². The molecule has 5 nitrogen and oxygen atoms in total. The number of halogens is 4. The number of carbonyl (C=O) groups is 1. The molecule has 0 aliphatic carbocycles. The molecule has 0 aliphatic rings. The molecule has 2 aromatic carbocycles. The van der Waals surface area contributed by atoms with E-state index in [9.17, 15) is 22.4 Å². The van der Waals surface area contributed by atoms with Gasteiger partial charge in [0, 0.05) is 23.7 Å². The van der Waals surface area contributed by atoms with Crippen LogP contribution in [-0.4, -0.2) is 42.0 Å². The van der Waals surface area contributed by atoms with Crippen LogP contribution in [0.5, 0.6) is 0 Å². The highest BCUT2D eigenvalue weighted by Gasteiger charge is 2.18. The summed E-state index contributed by atoms with van der Waals surface area (Å²) in [6.45, 7) is -1.38. The number of rotatable bonds is 7. The number of benzene rings is 2. The number of hydrogen-bond donors (Lipinski definition) is 4. The molecule has 0 saturated carbocycles. The Bertz CT molecular complexity index is 1000. The van der Waals surface area contributed by atoms with Crippen molar-refractivity contribution in [3.05, 3.63) is 59.4 Å². The van der Waals surface area contributed by atoms with Crippen LogP contribution >= 0.6 is 0 Å². The summed E-state index contributed by atoms with van der Waals surface area (Å²) in [5.41, 5.74) is 1.68. The van der Waals surface area contributed by atoms with Crippen molar-refractivity contribution in [2.45, 2.75) is 12.5 Å². The third-order valence-electron chi connectivity index (χ3n) is 4.47. The van der Waals surface area contributed by atoms with E-state index in [1.54, 1.807) is 0 Å². The van der Waals surface area contributed by atoms with E-state index < -0.39 is 42.8 Å². The van der Waals surface area contributed by atoms with E-state index in [1.165, 1.54) is 30.3 Å². The molecule has 3 aromatic rings. The lowest BCUT2D eigenvalue weighted by Crippen LogP contribution is -2.45. The first kappa shape index (κ1) is 20.7. The number of aliphatic hydroxyl groups is 1. The molecule has 1 atom stereocenters. The number of nitrogens with one attached hydrogen (secondary N) is 3. The Morgan fingerprint density at radius 2 is 1.83 bits per heavy atom. The number of urea groups is 1. The van der Waals surface area contributed by atoms with Crippen molar-refractivity contribution in [3.8, 4) is 11.3 Å². The number of aromatic nitrogens is 1. The zero-order chi connectivity index (χ0) is 21.0. The van der Waals surface area contributed by atoms with Gasteiger partial charge in [0.2, 0.25) is 0 Å². The zero-order valence-corrected chi connectivity index (χ0v) is 15.2. The van der Waals surface area contributed by atoms with Gasteiger partial charge in [-0.15, -0.1) is 0 Å². The van der Waals surface area contributed by atoms with Crippen LogP contribution in [0.2, 0.25) is 0 Å².